The van der Waals surface area contributed by atoms with Crippen LogP contribution in [0.1, 0.15) is 25.3 Å². The molecule has 1 aliphatic carbocycles. The minimum Gasteiger partial charge on any atom is -0.473 e. The van der Waals surface area contributed by atoms with Crippen LogP contribution in [0, 0.1) is 29.0 Å². The van der Waals surface area contributed by atoms with Crippen LogP contribution in [0.5, 0.6) is 5.88 Å². The zero-order valence-corrected chi connectivity index (χ0v) is 18.2. The van der Waals surface area contributed by atoms with E-state index in [2.05, 4.69) is 15.3 Å². The Morgan fingerprint density at radius 1 is 1.27 bits per heavy atom. The zero-order valence-electron chi connectivity index (χ0n) is 18.2. The van der Waals surface area contributed by atoms with E-state index in [1.54, 1.807) is 11.0 Å². The Morgan fingerprint density at radius 2 is 2.03 bits per heavy atom. The highest BCUT2D eigenvalue weighted by atomic mass is 19.1. The lowest BCUT2D eigenvalue weighted by molar-refractivity contribution is -0.111. The molecule has 33 heavy (non-hydrogen) atoms. The van der Waals surface area contributed by atoms with Crippen molar-refractivity contribution in [1.82, 2.24) is 14.9 Å². The third kappa shape index (κ3) is 4.68. The molecule has 3 heterocycles. The largest absolute Gasteiger partial charge is 0.473 e. The molecule has 1 amide bonds. The molecule has 1 saturated carbocycles. The van der Waals surface area contributed by atoms with Crippen LogP contribution in [0.3, 0.4) is 0 Å². The average Bonchev–Trinajstić information content (AvgIpc) is 3.51. The molecule has 172 valence electrons. The van der Waals surface area contributed by atoms with Gasteiger partial charge in [-0.05, 0) is 38.0 Å². The molecule has 10 heteroatoms. The number of nitrogens with zero attached hydrogens (tertiary/aromatic N) is 4. The summed E-state index contributed by atoms with van der Waals surface area (Å²) in [5, 5.41) is 11.8. The molecule has 3 fully saturated rings. The van der Waals surface area contributed by atoms with Crippen LogP contribution in [0.2, 0.25) is 0 Å². The van der Waals surface area contributed by atoms with Crippen molar-refractivity contribution < 1.29 is 23.4 Å². The standard InChI is InChI=1S/C23H24FN5O4/c1-23(4-5-23)33-22(30)29-9-15-11-31-12-16(10-29)21(15)32-20-7-19(26-13-27-20)28-18-3-2-14(8-25)6-17(18)24/h2-3,6-7,13,15-16,21H,4-5,9-12H2,1H3,(H,26,27,28). The summed E-state index contributed by atoms with van der Waals surface area (Å²) in [6, 6.07) is 7.66. The Kier molecular flexibility index (Phi) is 5.50. The second-order valence-corrected chi connectivity index (χ2v) is 9.04. The van der Waals surface area contributed by atoms with Crippen LogP contribution in [-0.4, -0.2) is 59.0 Å². The van der Waals surface area contributed by atoms with Crippen LogP contribution in [0.15, 0.2) is 30.6 Å². The number of fused-ring (bicyclic) bond motifs is 2. The number of nitriles is 1. The molecule has 0 radical (unpaired) electrons. The van der Waals surface area contributed by atoms with E-state index in [0.717, 1.165) is 18.9 Å². The Bertz CT molecular complexity index is 1090. The van der Waals surface area contributed by atoms with Gasteiger partial charge in [-0.1, -0.05) is 0 Å². The number of aromatic nitrogens is 2. The second kappa shape index (κ2) is 8.48. The topological polar surface area (TPSA) is 110 Å². The summed E-state index contributed by atoms with van der Waals surface area (Å²) in [4.78, 5) is 22.7. The first-order valence-electron chi connectivity index (χ1n) is 10.9. The molecular weight excluding hydrogens is 429 g/mol. The molecule has 1 aromatic carbocycles. The van der Waals surface area contributed by atoms with Crippen molar-refractivity contribution in [1.29, 1.82) is 5.26 Å². The molecule has 2 aliphatic heterocycles. The van der Waals surface area contributed by atoms with Gasteiger partial charge in [0.05, 0.1) is 30.5 Å². The first-order valence-corrected chi connectivity index (χ1v) is 10.9. The number of likely N-dealkylation sites (tertiary alicyclic amines) is 1. The Balaban J connectivity index is 1.26. The smallest absolute Gasteiger partial charge is 0.410 e. The number of rotatable bonds is 5. The van der Waals surface area contributed by atoms with Gasteiger partial charge in [0.25, 0.3) is 0 Å². The lowest BCUT2D eigenvalue weighted by Crippen LogP contribution is -2.59. The number of carbonyl (C=O) groups excluding carboxylic acids is 1. The summed E-state index contributed by atoms with van der Waals surface area (Å²) < 4.78 is 31.8. The highest BCUT2D eigenvalue weighted by Crippen LogP contribution is 2.40. The third-order valence-electron chi connectivity index (χ3n) is 6.31. The van der Waals surface area contributed by atoms with Crippen molar-refractivity contribution in [3.8, 4) is 11.9 Å². The summed E-state index contributed by atoms with van der Waals surface area (Å²) in [6.07, 6.45) is 2.71. The summed E-state index contributed by atoms with van der Waals surface area (Å²) in [6.45, 7) is 3.89. The second-order valence-electron chi connectivity index (χ2n) is 9.04. The maximum absolute atomic E-state index is 14.2. The van der Waals surface area contributed by atoms with E-state index in [-0.39, 0.29) is 40.9 Å². The summed E-state index contributed by atoms with van der Waals surface area (Å²) >= 11 is 0. The molecule has 9 nitrogen and oxygen atoms in total. The fourth-order valence-electron chi connectivity index (χ4n) is 4.23. The number of hydrogen-bond acceptors (Lipinski definition) is 8. The minimum atomic E-state index is -0.555. The predicted octanol–water partition coefficient (Wildman–Crippen LogP) is 3.25. The van der Waals surface area contributed by atoms with E-state index in [9.17, 15) is 9.18 Å². The number of halogens is 1. The van der Waals surface area contributed by atoms with Gasteiger partial charge in [-0.2, -0.15) is 5.26 Å². The van der Waals surface area contributed by atoms with Crippen molar-refractivity contribution >= 4 is 17.6 Å². The van der Waals surface area contributed by atoms with Crippen molar-refractivity contribution in [2.45, 2.75) is 31.5 Å². The predicted molar refractivity (Wildman–Crippen MR) is 114 cm³/mol. The third-order valence-corrected chi connectivity index (χ3v) is 6.31. The number of anilines is 2. The molecule has 2 atom stereocenters. The van der Waals surface area contributed by atoms with Gasteiger partial charge in [0.2, 0.25) is 5.88 Å². The maximum atomic E-state index is 14.2. The molecule has 1 N–H and O–H groups in total. The van der Waals surface area contributed by atoms with Crippen LogP contribution in [0.25, 0.3) is 0 Å². The molecule has 2 saturated heterocycles. The fourth-order valence-corrected chi connectivity index (χ4v) is 4.23. The number of benzene rings is 1. The molecule has 2 bridgehead atoms. The molecule has 0 spiro atoms. The van der Waals surface area contributed by atoms with Crippen LogP contribution in [0.4, 0.5) is 20.7 Å². The van der Waals surface area contributed by atoms with Crippen LogP contribution < -0.4 is 10.1 Å². The van der Waals surface area contributed by atoms with E-state index >= 15 is 0 Å². The first kappa shape index (κ1) is 21.4. The number of piperidine rings is 1. The first-order chi connectivity index (χ1) is 15.9. The quantitative estimate of drug-likeness (QED) is 0.735. The number of hydrogen-bond donors (Lipinski definition) is 1. The van der Waals surface area contributed by atoms with Gasteiger partial charge < -0.3 is 24.4 Å². The fraction of sp³-hybridized carbons (Fsp3) is 0.478. The highest BCUT2D eigenvalue weighted by molar-refractivity contribution is 5.68. The molecule has 2 unspecified atom stereocenters. The summed E-state index contributed by atoms with van der Waals surface area (Å²) in [5.74, 6) is 0.133. The molecular formula is C23H24FN5O4. The normalized spacial score (nSPS) is 25.0. The van der Waals surface area contributed by atoms with Gasteiger partial charge in [-0.3, -0.25) is 0 Å². The van der Waals surface area contributed by atoms with E-state index in [4.69, 9.17) is 19.5 Å². The molecule has 2 aromatic rings. The van der Waals surface area contributed by atoms with Crippen LogP contribution in [-0.2, 0) is 9.47 Å². The van der Waals surface area contributed by atoms with E-state index < -0.39 is 5.82 Å². The van der Waals surface area contributed by atoms with Gasteiger partial charge in [0.15, 0.2) is 0 Å². The Hall–Kier alpha value is -3.45. The van der Waals surface area contributed by atoms with Gasteiger partial charge in [0.1, 0.15) is 29.7 Å². The van der Waals surface area contributed by atoms with Gasteiger partial charge in [-0.25, -0.2) is 19.2 Å². The van der Waals surface area contributed by atoms with Crippen molar-refractivity contribution in [2.75, 3.05) is 31.6 Å². The van der Waals surface area contributed by atoms with E-state index in [0.29, 0.717) is 38.0 Å². The molecule has 1 aromatic heterocycles. The van der Waals surface area contributed by atoms with Crippen molar-refractivity contribution in [3.05, 3.63) is 42.0 Å². The highest BCUT2D eigenvalue weighted by Gasteiger charge is 2.47. The lowest BCUT2D eigenvalue weighted by atomic mass is 9.84. The van der Waals surface area contributed by atoms with Gasteiger partial charge >= 0.3 is 6.09 Å². The maximum Gasteiger partial charge on any atom is 0.410 e. The van der Waals surface area contributed by atoms with Crippen molar-refractivity contribution in [3.63, 3.8) is 0 Å². The monoisotopic (exact) mass is 453 g/mol. The van der Waals surface area contributed by atoms with E-state index in [1.165, 1.54) is 18.5 Å². The van der Waals surface area contributed by atoms with Gasteiger partial charge in [0, 0.05) is 31.0 Å². The Morgan fingerprint density at radius 3 is 2.70 bits per heavy atom. The number of nitrogens with one attached hydrogen (secondary N) is 1. The zero-order chi connectivity index (χ0) is 23.0. The molecule has 5 rings (SSSR count). The number of ether oxygens (including phenoxy) is 3. The van der Waals surface area contributed by atoms with Crippen LogP contribution >= 0.6 is 0 Å². The number of carbonyl (C=O) groups is 1. The Labute approximate surface area is 190 Å². The van der Waals surface area contributed by atoms with E-state index in [1.807, 2.05) is 13.0 Å². The summed E-state index contributed by atoms with van der Waals surface area (Å²) in [7, 11) is 0. The van der Waals surface area contributed by atoms with Gasteiger partial charge in [-0.15, -0.1) is 0 Å². The molecule has 3 aliphatic rings. The minimum absolute atomic E-state index is 0.0144. The SMILES string of the molecule is CC1(OC(=O)N2CC3COCC(C2)C3Oc2cc(Nc3ccc(C#N)cc3F)ncn2)CC1. The van der Waals surface area contributed by atoms with Crippen molar-refractivity contribution in [2.24, 2.45) is 11.8 Å². The lowest BCUT2D eigenvalue weighted by Gasteiger charge is -2.46. The average molecular weight is 453 g/mol. The summed E-state index contributed by atoms with van der Waals surface area (Å²) in [5.41, 5.74) is 0.120. The number of amides is 1.